The lowest BCUT2D eigenvalue weighted by atomic mass is 9.89. The lowest BCUT2D eigenvalue weighted by molar-refractivity contribution is -0.0663. The Kier molecular flexibility index (Phi) is 5.78. The highest BCUT2D eigenvalue weighted by atomic mass is 19.3. The minimum absolute atomic E-state index is 0.139. The Hall–Kier alpha value is -3.04. The van der Waals surface area contributed by atoms with E-state index in [4.69, 9.17) is 14.9 Å². The first kappa shape index (κ1) is 21.7. The molecule has 0 amide bonds. The van der Waals surface area contributed by atoms with Gasteiger partial charge in [-0.2, -0.15) is 4.98 Å². The van der Waals surface area contributed by atoms with E-state index in [0.29, 0.717) is 34.9 Å². The Labute approximate surface area is 174 Å². The average Bonchev–Trinajstić information content (AvgIpc) is 2.95. The van der Waals surface area contributed by atoms with Gasteiger partial charge in [-0.3, -0.25) is 0 Å². The Morgan fingerprint density at radius 1 is 1.30 bits per heavy atom. The second-order valence-corrected chi connectivity index (χ2v) is 7.75. The lowest BCUT2D eigenvalue weighted by Gasteiger charge is -2.28. The second kappa shape index (κ2) is 8.00. The van der Waals surface area contributed by atoms with E-state index in [9.17, 15) is 8.78 Å². The predicted octanol–water partition coefficient (Wildman–Crippen LogP) is 2.98. The first-order chi connectivity index (χ1) is 14.2. The van der Waals surface area contributed by atoms with Gasteiger partial charge >= 0.3 is 6.01 Å². The molecule has 0 spiro atoms. The molecule has 1 saturated heterocycles. The maximum atomic E-state index is 14.5. The quantitative estimate of drug-likeness (QED) is 0.687. The predicted molar refractivity (Wildman–Crippen MR) is 109 cm³/mol. The largest absolute Gasteiger partial charge is 0.480 e. The van der Waals surface area contributed by atoms with E-state index in [-0.39, 0.29) is 18.4 Å². The normalized spacial score (nSPS) is 21.4. The highest BCUT2D eigenvalue weighted by Crippen LogP contribution is 2.44. The van der Waals surface area contributed by atoms with Gasteiger partial charge in [0.25, 0.3) is 5.92 Å². The summed E-state index contributed by atoms with van der Waals surface area (Å²) >= 11 is 0. The van der Waals surface area contributed by atoms with E-state index in [1.54, 1.807) is 24.8 Å². The van der Waals surface area contributed by atoms with Crippen LogP contribution in [0.2, 0.25) is 0 Å². The van der Waals surface area contributed by atoms with E-state index < -0.39 is 17.9 Å². The molecule has 2 aliphatic heterocycles. The minimum Gasteiger partial charge on any atom is -0.480 e. The summed E-state index contributed by atoms with van der Waals surface area (Å²) in [5, 5.41) is 10.8. The third kappa shape index (κ3) is 3.86. The van der Waals surface area contributed by atoms with Crippen molar-refractivity contribution in [1.82, 2.24) is 20.2 Å². The van der Waals surface area contributed by atoms with Crippen molar-refractivity contribution in [2.45, 2.75) is 33.1 Å². The van der Waals surface area contributed by atoms with Crippen molar-refractivity contribution in [3.05, 3.63) is 35.1 Å². The minimum atomic E-state index is -2.84. The number of nitrogens with zero attached hydrogens (tertiary/aromatic N) is 4. The first-order valence-corrected chi connectivity index (χ1v) is 9.55. The molecule has 1 fully saturated rings. The second-order valence-electron chi connectivity index (χ2n) is 7.75. The zero-order chi connectivity index (χ0) is 22.1. The zero-order valence-electron chi connectivity index (χ0n) is 17.7. The van der Waals surface area contributed by atoms with Gasteiger partial charge in [-0.1, -0.05) is 20.8 Å². The summed E-state index contributed by atoms with van der Waals surface area (Å²) in [4.78, 5) is 14.5. The summed E-state index contributed by atoms with van der Waals surface area (Å²) in [6.07, 6.45) is 4.94. The number of likely N-dealkylation sites (tertiary alicyclic amines) is 1. The van der Waals surface area contributed by atoms with Crippen LogP contribution in [0.3, 0.4) is 0 Å². The number of aliphatic imine (C=N–C) groups is 1. The van der Waals surface area contributed by atoms with E-state index >= 15 is 0 Å². The number of hydrogen-bond donors (Lipinski definition) is 2. The van der Waals surface area contributed by atoms with Crippen LogP contribution in [0, 0.1) is 10.8 Å². The Bertz CT molecular complexity index is 923. The number of allylic oxidation sites excluding steroid dienone is 2. The van der Waals surface area contributed by atoms with Crippen LogP contribution in [0.5, 0.6) is 11.9 Å². The van der Waals surface area contributed by atoms with Crippen molar-refractivity contribution in [3.63, 3.8) is 0 Å². The van der Waals surface area contributed by atoms with Crippen LogP contribution in [0.15, 0.2) is 34.5 Å². The van der Waals surface area contributed by atoms with Gasteiger partial charge in [0.2, 0.25) is 5.88 Å². The molecule has 2 N–H and O–H groups in total. The van der Waals surface area contributed by atoms with Crippen molar-refractivity contribution in [2.24, 2.45) is 10.4 Å². The molecular weight excluding hydrogens is 394 g/mol. The number of ether oxygens (including phenoxy) is 2. The molecule has 30 heavy (non-hydrogen) atoms. The monoisotopic (exact) mass is 420 g/mol. The van der Waals surface area contributed by atoms with Crippen molar-refractivity contribution >= 4 is 11.9 Å². The average molecular weight is 420 g/mol. The molecule has 0 unspecified atom stereocenters. The summed E-state index contributed by atoms with van der Waals surface area (Å²) in [6, 6.07) is 0.139. The smallest absolute Gasteiger partial charge is 0.319 e. The van der Waals surface area contributed by atoms with Gasteiger partial charge in [-0.05, 0) is 6.42 Å². The Morgan fingerprint density at radius 2 is 2.03 bits per heavy atom. The molecule has 162 valence electrons. The third-order valence-electron chi connectivity index (χ3n) is 5.30. The van der Waals surface area contributed by atoms with E-state index in [1.165, 1.54) is 26.6 Å². The molecule has 1 aromatic heterocycles. The van der Waals surface area contributed by atoms with Gasteiger partial charge in [-0.15, -0.1) is 0 Å². The van der Waals surface area contributed by atoms with Crippen molar-refractivity contribution in [3.8, 4) is 11.9 Å². The summed E-state index contributed by atoms with van der Waals surface area (Å²) in [6.45, 7) is 4.75. The van der Waals surface area contributed by atoms with E-state index in [1.807, 2.05) is 6.92 Å². The summed E-state index contributed by atoms with van der Waals surface area (Å²) in [7, 11) is 2.91. The highest BCUT2D eigenvalue weighted by molar-refractivity contribution is 6.11. The topological polar surface area (TPSA) is 95.7 Å². The molecule has 0 aliphatic carbocycles. The maximum Gasteiger partial charge on any atom is 0.319 e. The molecule has 0 bridgehead atoms. The van der Waals surface area contributed by atoms with Gasteiger partial charge in [0, 0.05) is 36.0 Å². The number of aromatic nitrogens is 2. The molecule has 0 aromatic carbocycles. The number of hydrogen-bond acceptors (Lipinski definition) is 8. The SMILES string of the molecule is CC/C(C=N)=C1\N=C(c2cnc(OC)nc2OC)C=C(N2CC(C)(C)C(F)(F)C2)N1. The van der Waals surface area contributed by atoms with Gasteiger partial charge in [-0.25, -0.2) is 18.8 Å². The molecule has 0 radical (unpaired) electrons. The number of halogens is 2. The molecule has 1 aromatic rings. The van der Waals surface area contributed by atoms with Crippen molar-refractivity contribution in [1.29, 1.82) is 5.41 Å². The van der Waals surface area contributed by atoms with E-state index in [0.717, 1.165) is 0 Å². The zero-order valence-corrected chi connectivity index (χ0v) is 17.7. The number of rotatable bonds is 6. The fourth-order valence-corrected chi connectivity index (χ4v) is 3.32. The lowest BCUT2D eigenvalue weighted by Crippen LogP contribution is -2.35. The van der Waals surface area contributed by atoms with Gasteiger partial charge in [0.1, 0.15) is 11.6 Å². The molecule has 0 saturated carbocycles. The fraction of sp³-hybridized carbons (Fsp3) is 0.500. The van der Waals surface area contributed by atoms with E-state index in [2.05, 4.69) is 20.3 Å². The van der Waals surface area contributed by atoms with Crippen LogP contribution in [0.1, 0.15) is 32.8 Å². The van der Waals surface area contributed by atoms with Crippen LogP contribution in [-0.2, 0) is 0 Å². The highest BCUT2D eigenvalue weighted by Gasteiger charge is 2.54. The number of alkyl halides is 2. The summed E-state index contributed by atoms with van der Waals surface area (Å²) in [5.41, 5.74) is 0.390. The Balaban J connectivity index is 2.10. The summed E-state index contributed by atoms with van der Waals surface area (Å²) in [5.74, 6) is -1.70. The number of methoxy groups -OCH3 is 2. The van der Waals surface area contributed by atoms with Crippen LogP contribution in [-0.4, -0.2) is 60.0 Å². The number of nitrogens with one attached hydrogen (secondary N) is 2. The van der Waals surface area contributed by atoms with Crippen molar-refractivity contribution < 1.29 is 18.3 Å². The fourth-order valence-electron chi connectivity index (χ4n) is 3.32. The van der Waals surface area contributed by atoms with Crippen LogP contribution in [0.4, 0.5) is 8.78 Å². The third-order valence-corrected chi connectivity index (χ3v) is 5.30. The molecule has 3 heterocycles. The molecule has 8 nitrogen and oxygen atoms in total. The van der Waals surface area contributed by atoms with Gasteiger partial charge in [0.15, 0.2) is 0 Å². The van der Waals surface area contributed by atoms with Crippen LogP contribution < -0.4 is 14.8 Å². The molecule has 3 rings (SSSR count). The molecule has 2 aliphatic rings. The van der Waals surface area contributed by atoms with Gasteiger partial charge in [0.05, 0.1) is 32.0 Å². The van der Waals surface area contributed by atoms with Crippen LogP contribution >= 0.6 is 0 Å². The molecule has 0 atom stereocenters. The van der Waals surface area contributed by atoms with Crippen LogP contribution in [0.25, 0.3) is 0 Å². The van der Waals surface area contributed by atoms with Crippen molar-refractivity contribution in [2.75, 3.05) is 27.3 Å². The standard InChI is InChI=1S/C20H26F2N6O2/c1-6-12(8-23)16-25-14(13-9-24-18(30-5)27-17(13)29-4)7-15(26-16)28-10-19(2,3)20(21,22)11-28/h7-9,23,26H,6,10-11H2,1-5H3/b16-12-,23-8?. The summed E-state index contributed by atoms with van der Waals surface area (Å²) < 4.78 is 39.4. The molecular formula is C20H26F2N6O2. The Morgan fingerprint density at radius 3 is 2.57 bits per heavy atom. The van der Waals surface area contributed by atoms with Gasteiger partial charge < -0.3 is 25.1 Å². The first-order valence-electron chi connectivity index (χ1n) is 9.55. The molecule has 10 heteroatoms. The maximum absolute atomic E-state index is 14.5.